The van der Waals surface area contributed by atoms with E-state index in [9.17, 15) is 0 Å². The molecule has 0 radical (unpaired) electrons. The van der Waals surface area contributed by atoms with Crippen molar-refractivity contribution in [1.82, 2.24) is 0 Å². The summed E-state index contributed by atoms with van der Waals surface area (Å²) in [6, 6.07) is 0. The number of hydrogen-bond donors (Lipinski definition) is 0. The van der Waals surface area contributed by atoms with Gasteiger partial charge in [-0.3, -0.25) is 0 Å². The minimum atomic E-state index is -0.500. The molecule has 0 aromatic carbocycles. The van der Waals surface area contributed by atoms with E-state index >= 15 is 0 Å². The van der Waals surface area contributed by atoms with E-state index in [-0.39, 0.29) is 51.4 Å². The van der Waals surface area contributed by atoms with Crippen molar-refractivity contribution in [2.24, 2.45) is 0 Å². The largest absolute Gasteiger partial charge is 1.00 e. The molecular weight excluding hydrogens is 81.9 g/mol. The maximum absolute atomic E-state index is 8.25. The van der Waals surface area contributed by atoms with Gasteiger partial charge in [-0.1, -0.05) is 0 Å². The second kappa shape index (κ2) is 8.85. The summed E-state index contributed by atoms with van der Waals surface area (Å²) in [4.78, 5) is 0. The van der Waals surface area contributed by atoms with Crippen molar-refractivity contribution < 1.29 is 61.1 Å². The van der Waals surface area contributed by atoms with Crippen molar-refractivity contribution in [3.63, 3.8) is 0 Å². The molecule has 0 N–H and O–H groups in total. The minimum Gasteiger partial charge on any atom is 1.00 e. The zero-order valence-electron chi connectivity index (χ0n) is 2.39. The molecule has 2 nitrogen and oxygen atoms in total. The predicted octanol–water partition coefficient (Wildman–Crippen LogP) is -4.68. The van der Waals surface area contributed by atoms with Gasteiger partial charge in [-0.05, 0) is 0 Å². The van der Waals surface area contributed by atoms with Crippen LogP contribution in [0.4, 0.5) is 0 Å². The van der Waals surface area contributed by atoms with Gasteiger partial charge in [0.15, 0.2) is 0 Å². The SMILES string of the molecule is O=B[O-].[K+]. The molecule has 0 unspecified atom stereocenters. The first-order valence-corrected chi connectivity index (χ1v) is 0.471. The van der Waals surface area contributed by atoms with E-state index in [0.29, 0.717) is 0 Å². The van der Waals surface area contributed by atoms with E-state index in [1.54, 1.807) is 0 Å². The first-order chi connectivity index (χ1) is 1.41. The summed E-state index contributed by atoms with van der Waals surface area (Å²) in [6.07, 6.45) is 0. The van der Waals surface area contributed by atoms with Crippen LogP contribution in [0.2, 0.25) is 0 Å². The standard InChI is InChI=1S/BO2.K/c2-1-3;/q-1;+1. The van der Waals surface area contributed by atoms with Crippen LogP contribution in [0.15, 0.2) is 0 Å². The van der Waals surface area contributed by atoms with E-state index in [2.05, 4.69) is 0 Å². The molecule has 0 amide bonds. The van der Waals surface area contributed by atoms with Crippen molar-refractivity contribution >= 4 is 7.35 Å². The maximum Gasteiger partial charge on any atom is 1.00 e. The number of rotatable bonds is 0. The van der Waals surface area contributed by atoms with Gasteiger partial charge in [0.05, 0.1) is 0 Å². The Kier molecular flexibility index (Phi) is 19.9. The Bertz CT molecular complexity index is 13.5. The van der Waals surface area contributed by atoms with Crippen LogP contribution in [-0.2, 0) is 4.70 Å². The summed E-state index contributed by atoms with van der Waals surface area (Å²) < 4.78 is 8.25. The fourth-order valence-corrected chi connectivity index (χ4v) is 0. The molecular formula is BKO2. The van der Waals surface area contributed by atoms with E-state index in [0.717, 1.165) is 0 Å². The summed E-state index contributed by atoms with van der Waals surface area (Å²) >= 11 is 0. The van der Waals surface area contributed by atoms with Crippen LogP contribution in [0, 0.1) is 0 Å². The predicted molar refractivity (Wildman–Crippen MR) is 6.44 cm³/mol. The molecule has 16 valence electrons. The van der Waals surface area contributed by atoms with Gasteiger partial charge in [-0.2, -0.15) is 0 Å². The summed E-state index contributed by atoms with van der Waals surface area (Å²) in [6.45, 7) is 0. The molecule has 0 aromatic rings. The van der Waals surface area contributed by atoms with Crippen LogP contribution in [0.3, 0.4) is 0 Å². The van der Waals surface area contributed by atoms with Crippen LogP contribution in [-0.4, -0.2) is 7.35 Å². The average Bonchev–Trinajstić information content (AvgIpc) is 0.918. The van der Waals surface area contributed by atoms with Crippen molar-refractivity contribution in [2.75, 3.05) is 0 Å². The van der Waals surface area contributed by atoms with E-state index in [1.165, 1.54) is 0 Å². The summed E-state index contributed by atoms with van der Waals surface area (Å²) in [5.41, 5.74) is 0. The molecule has 0 aliphatic carbocycles. The zero-order chi connectivity index (χ0) is 2.71. The topological polar surface area (TPSA) is 40.1 Å². The second-order valence-electron chi connectivity index (χ2n) is 0.0962. The van der Waals surface area contributed by atoms with Crippen LogP contribution in [0.1, 0.15) is 0 Å². The van der Waals surface area contributed by atoms with E-state index in [1.807, 2.05) is 0 Å². The Morgan fingerprint density at radius 2 is 1.75 bits per heavy atom. The average molecular weight is 81.9 g/mol. The Labute approximate surface area is 67.3 Å². The molecule has 0 heterocycles. The molecule has 0 aliphatic rings. The summed E-state index contributed by atoms with van der Waals surface area (Å²) in [5.74, 6) is 0. The molecule has 0 saturated heterocycles. The Morgan fingerprint density at radius 1 is 1.75 bits per heavy atom. The Morgan fingerprint density at radius 3 is 1.75 bits per heavy atom. The van der Waals surface area contributed by atoms with Gasteiger partial charge in [0, 0.05) is 0 Å². The third-order valence-corrected chi connectivity index (χ3v) is 0. The van der Waals surface area contributed by atoms with Gasteiger partial charge < -0.3 is 0 Å². The third-order valence-electron chi connectivity index (χ3n) is 0. The van der Waals surface area contributed by atoms with Crippen molar-refractivity contribution in [3.05, 3.63) is 0 Å². The molecule has 0 saturated carbocycles. The van der Waals surface area contributed by atoms with Crippen molar-refractivity contribution in [3.8, 4) is 0 Å². The molecule has 4 heavy (non-hydrogen) atoms. The first kappa shape index (κ1) is 9.00. The molecule has 0 bridgehead atoms. The molecule has 0 aromatic heterocycles. The smallest absolute Gasteiger partial charge is 1.00 e. The van der Waals surface area contributed by atoms with Crippen LogP contribution in [0.5, 0.6) is 0 Å². The van der Waals surface area contributed by atoms with E-state index in [4.69, 9.17) is 9.73 Å². The van der Waals surface area contributed by atoms with Crippen LogP contribution < -0.4 is 56.4 Å². The molecule has 4 heteroatoms. The molecule has 0 rings (SSSR count). The Hall–Kier alpha value is 1.30. The van der Waals surface area contributed by atoms with Crippen LogP contribution >= 0.6 is 0 Å². The van der Waals surface area contributed by atoms with Crippen LogP contribution in [0.25, 0.3) is 0 Å². The fourth-order valence-electron chi connectivity index (χ4n) is 0. The molecule has 0 atom stereocenters. The first-order valence-electron chi connectivity index (χ1n) is 0.471. The van der Waals surface area contributed by atoms with Gasteiger partial charge in [0.1, 0.15) is 0 Å². The second-order valence-corrected chi connectivity index (χ2v) is 0.0962. The zero-order valence-corrected chi connectivity index (χ0v) is 5.52. The normalized spacial score (nSPS) is 2.00. The summed E-state index contributed by atoms with van der Waals surface area (Å²) in [7, 11) is -0.500. The summed E-state index contributed by atoms with van der Waals surface area (Å²) in [5, 5.41) is 8.25. The van der Waals surface area contributed by atoms with Gasteiger partial charge in [-0.25, -0.2) is 0 Å². The van der Waals surface area contributed by atoms with Crippen molar-refractivity contribution in [1.29, 1.82) is 0 Å². The molecule has 0 spiro atoms. The maximum atomic E-state index is 8.25. The monoisotopic (exact) mass is 82.0 g/mol. The molecule has 0 aliphatic heterocycles. The Balaban J connectivity index is 0. The fraction of sp³-hybridized carbons (Fsp3) is 0. The van der Waals surface area contributed by atoms with Gasteiger partial charge in [0.2, 0.25) is 0 Å². The van der Waals surface area contributed by atoms with Crippen molar-refractivity contribution in [2.45, 2.75) is 0 Å². The minimum absolute atomic E-state index is 0. The van der Waals surface area contributed by atoms with E-state index < -0.39 is 7.35 Å². The van der Waals surface area contributed by atoms with Gasteiger partial charge >= 0.3 is 68.5 Å². The molecule has 0 fully saturated rings. The van der Waals surface area contributed by atoms with Gasteiger partial charge in [-0.15, -0.1) is 0 Å². The third kappa shape index (κ3) is 10.3. The number of hydrogen-bond acceptors (Lipinski definition) is 2. The quantitative estimate of drug-likeness (QED) is 0.275. The van der Waals surface area contributed by atoms with Gasteiger partial charge in [0.25, 0.3) is 0 Å².